The molecule has 0 aliphatic carbocycles. The highest BCUT2D eigenvalue weighted by atomic mass is 16.5. The van der Waals surface area contributed by atoms with Gasteiger partial charge in [-0.25, -0.2) is 0 Å². The zero-order chi connectivity index (χ0) is 17.5. The van der Waals surface area contributed by atoms with E-state index in [1.54, 1.807) is 0 Å². The van der Waals surface area contributed by atoms with Crippen molar-refractivity contribution in [3.05, 3.63) is 48.0 Å². The Bertz CT molecular complexity index is 909. The lowest BCUT2D eigenvalue weighted by molar-refractivity contribution is -0.152. The molecule has 2 N–H and O–H groups in total. The van der Waals surface area contributed by atoms with E-state index in [-0.39, 0.29) is 5.97 Å². The molecule has 4 heteroatoms. The number of ether oxygens (including phenoxy) is 1. The fourth-order valence-corrected chi connectivity index (χ4v) is 3.41. The average molecular weight is 324 g/mol. The molecule has 2 aromatic carbocycles. The van der Waals surface area contributed by atoms with E-state index in [2.05, 4.69) is 41.8 Å². The largest absolute Gasteiger partial charge is 0.469 e. The summed E-state index contributed by atoms with van der Waals surface area (Å²) in [7, 11) is 1.40. The van der Waals surface area contributed by atoms with Crippen molar-refractivity contribution in [2.75, 3.05) is 7.11 Å². The minimum Gasteiger partial charge on any atom is -0.469 e. The summed E-state index contributed by atoms with van der Waals surface area (Å²) < 4.78 is 7.21. The van der Waals surface area contributed by atoms with Crippen LogP contribution in [0.25, 0.3) is 21.8 Å². The van der Waals surface area contributed by atoms with E-state index >= 15 is 0 Å². The number of aromatic nitrogens is 1. The molecule has 0 radical (unpaired) electrons. The number of nitrogens with zero attached hydrogens (tertiary/aromatic N) is 1. The van der Waals surface area contributed by atoms with Crippen LogP contribution in [0.5, 0.6) is 0 Å². The Kier molecular flexibility index (Phi) is 4.10. The fraction of sp³-hybridized carbons (Fsp3) is 0.350. The Hall–Kier alpha value is -2.33. The van der Waals surface area contributed by atoms with Crippen LogP contribution in [0.2, 0.25) is 0 Å². The third kappa shape index (κ3) is 2.38. The van der Waals surface area contributed by atoms with E-state index in [1.807, 2.05) is 26.0 Å². The average Bonchev–Trinajstić information content (AvgIpc) is 2.93. The molecule has 0 fully saturated rings. The van der Waals surface area contributed by atoms with Crippen LogP contribution in [-0.2, 0) is 16.1 Å². The molecular weight excluding hydrogens is 300 g/mol. The Labute approximate surface area is 142 Å². The Morgan fingerprint density at radius 2 is 1.83 bits per heavy atom. The minimum atomic E-state index is -0.786. The van der Waals surface area contributed by atoms with Gasteiger partial charge in [0.1, 0.15) is 0 Å². The van der Waals surface area contributed by atoms with Crippen molar-refractivity contribution in [2.24, 2.45) is 11.1 Å². The molecule has 24 heavy (non-hydrogen) atoms. The van der Waals surface area contributed by atoms with Crippen LogP contribution in [0, 0.1) is 5.41 Å². The molecule has 126 valence electrons. The standard InChI is InChI=1S/C20H24N2O2/c1-5-22-16-9-7-6-8-14(16)15-12-13(10-11-17(15)22)18(21)20(2,3)19(23)24-4/h6-12,18H,5,21H2,1-4H3/t18-/m0/s1. The van der Waals surface area contributed by atoms with Gasteiger partial charge in [0.25, 0.3) is 0 Å². The number of carbonyl (C=O) groups excluding carboxylic acids is 1. The summed E-state index contributed by atoms with van der Waals surface area (Å²) in [4.78, 5) is 12.1. The highest BCUT2D eigenvalue weighted by molar-refractivity contribution is 6.08. The summed E-state index contributed by atoms with van der Waals surface area (Å²) in [6.45, 7) is 6.70. The number of methoxy groups -OCH3 is 1. The first-order valence-electron chi connectivity index (χ1n) is 8.26. The summed E-state index contributed by atoms with van der Waals surface area (Å²) in [5.74, 6) is -0.300. The molecule has 3 aromatic rings. The lowest BCUT2D eigenvalue weighted by atomic mass is 9.81. The van der Waals surface area contributed by atoms with E-state index in [0.717, 1.165) is 12.1 Å². The van der Waals surface area contributed by atoms with Crippen molar-refractivity contribution in [3.8, 4) is 0 Å². The maximum absolute atomic E-state index is 12.1. The summed E-state index contributed by atoms with van der Waals surface area (Å²) in [5.41, 5.74) is 8.97. The van der Waals surface area contributed by atoms with Crippen molar-refractivity contribution in [1.82, 2.24) is 4.57 Å². The van der Waals surface area contributed by atoms with Gasteiger partial charge in [0, 0.05) is 34.4 Å². The number of rotatable bonds is 4. The number of esters is 1. The SMILES string of the molecule is CCn1c2ccccc2c2cc([C@H](N)C(C)(C)C(=O)OC)ccc21. The molecule has 1 atom stereocenters. The van der Waals surface area contributed by atoms with Gasteiger partial charge in [0.05, 0.1) is 12.5 Å². The number of para-hydroxylation sites is 1. The van der Waals surface area contributed by atoms with E-state index in [9.17, 15) is 4.79 Å². The quantitative estimate of drug-likeness (QED) is 0.738. The third-order valence-corrected chi connectivity index (χ3v) is 4.96. The number of hydrogen-bond donors (Lipinski definition) is 1. The highest BCUT2D eigenvalue weighted by Crippen LogP contribution is 2.36. The van der Waals surface area contributed by atoms with Gasteiger partial charge in [-0.3, -0.25) is 4.79 Å². The fourth-order valence-electron chi connectivity index (χ4n) is 3.41. The molecule has 0 aliphatic heterocycles. The molecule has 1 heterocycles. The van der Waals surface area contributed by atoms with Crippen molar-refractivity contribution >= 4 is 27.8 Å². The van der Waals surface area contributed by atoms with Gasteiger partial charge in [-0.05, 0) is 44.5 Å². The van der Waals surface area contributed by atoms with Gasteiger partial charge < -0.3 is 15.0 Å². The second kappa shape index (κ2) is 5.95. The molecule has 0 spiro atoms. The van der Waals surface area contributed by atoms with Gasteiger partial charge in [-0.2, -0.15) is 0 Å². The van der Waals surface area contributed by atoms with E-state index in [4.69, 9.17) is 10.5 Å². The molecule has 0 bridgehead atoms. The number of aryl methyl sites for hydroxylation is 1. The predicted octanol–water partition coefficient (Wildman–Crippen LogP) is 4.01. The first kappa shape index (κ1) is 16.5. The van der Waals surface area contributed by atoms with Gasteiger partial charge in [0.2, 0.25) is 0 Å². The molecule has 0 saturated carbocycles. The Morgan fingerprint density at radius 3 is 2.50 bits per heavy atom. The summed E-state index contributed by atoms with van der Waals surface area (Å²) in [6.07, 6.45) is 0. The van der Waals surface area contributed by atoms with E-state index in [0.29, 0.717) is 0 Å². The van der Waals surface area contributed by atoms with Crippen molar-refractivity contribution in [2.45, 2.75) is 33.4 Å². The second-order valence-electron chi connectivity index (χ2n) is 6.73. The molecule has 0 unspecified atom stereocenters. The first-order valence-corrected chi connectivity index (χ1v) is 8.26. The molecule has 0 aliphatic rings. The van der Waals surface area contributed by atoms with Crippen LogP contribution in [-0.4, -0.2) is 17.6 Å². The van der Waals surface area contributed by atoms with Gasteiger partial charge in [0.15, 0.2) is 0 Å². The van der Waals surface area contributed by atoms with Crippen LogP contribution < -0.4 is 5.73 Å². The molecule has 3 rings (SSSR count). The normalized spacial score (nSPS) is 13.4. The summed E-state index contributed by atoms with van der Waals surface area (Å²) >= 11 is 0. The molecule has 4 nitrogen and oxygen atoms in total. The summed E-state index contributed by atoms with van der Waals surface area (Å²) in [6, 6.07) is 14.2. The Balaban J connectivity index is 2.19. The molecule has 1 aromatic heterocycles. The molecule has 0 amide bonds. The summed E-state index contributed by atoms with van der Waals surface area (Å²) in [5, 5.41) is 2.38. The van der Waals surface area contributed by atoms with E-state index < -0.39 is 11.5 Å². The lowest BCUT2D eigenvalue weighted by Crippen LogP contribution is -2.37. The maximum Gasteiger partial charge on any atom is 0.313 e. The molecule has 0 saturated heterocycles. The second-order valence-corrected chi connectivity index (χ2v) is 6.73. The van der Waals surface area contributed by atoms with Crippen molar-refractivity contribution in [1.29, 1.82) is 0 Å². The van der Waals surface area contributed by atoms with Crippen LogP contribution in [0.15, 0.2) is 42.5 Å². The lowest BCUT2D eigenvalue weighted by Gasteiger charge is -2.29. The smallest absolute Gasteiger partial charge is 0.313 e. The van der Waals surface area contributed by atoms with Crippen LogP contribution in [0.4, 0.5) is 0 Å². The number of hydrogen-bond acceptors (Lipinski definition) is 3. The van der Waals surface area contributed by atoms with Crippen LogP contribution in [0.1, 0.15) is 32.4 Å². The van der Waals surface area contributed by atoms with Gasteiger partial charge in [-0.15, -0.1) is 0 Å². The van der Waals surface area contributed by atoms with Crippen LogP contribution in [0.3, 0.4) is 0 Å². The zero-order valence-electron chi connectivity index (χ0n) is 14.7. The van der Waals surface area contributed by atoms with Crippen LogP contribution >= 0.6 is 0 Å². The molecular formula is C20H24N2O2. The van der Waals surface area contributed by atoms with Gasteiger partial charge in [-0.1, -0.05) is 24.3 Å². The number of nitrogens with two attached hydrogens (primary N) is 1. The van der Waals surface area contributed by atoms with Crippen molar-refractivity contribution in [3.63, 3.8) is 0 Å². The maximum atomic E-state index is 12.1. The minimum absolute atomic E-state index is 0.300. The number of carbonyl (C=O) groups is 1. The zero-order valence-corrected chi connectivity index (χ0v) is 14.7. The van der Waals surface area contributed by atoms with Crippen molar-refractivity contribution < 1.29 is 9.53 Å². The third-order valence-electron chi connectivity index (χ3n) is 4.96. The first-order chi connectivity index (χ1) is 11.4. The highest BCUT2D eigenvalue weighted by Gasteiger charge is 2.36. The topological polar surface area (TPSA) is 57.2 Å². The van der Waals surface area contributed by atoms with E-state index in [1.165, 1.54) is 28.9 Å². The number of benzene rings is 2. The predicted molar refractivity (Wildman–Crippen MR) is 97.8 cm³/mol. The number of fused-ring (bicyclic) bond motifs is 3. The Morgan fingerprint density at radius 1 is 1.17 bits per heavy atom. The van der Waals surface area contributed by atoms with Gasteiger partial charge >= 0.3 is 5.97 Å². The monoisotopic (exact) mass is 324 g/mol.